The van der Waals surface area contributed by atoms with Gasteiger partial charge in [-0.25, -0.2) is 4.98 Å². The molecule has 4 heteroatoms. The van der Waals surface area contributed by atoms with Crippen LogP contribution in [0, 0.1) is 22.7 Å². The van der Waals surface area contributed by atoms with Crippen LogP contribution in [0.15, 0.2) is 6.33 Å². The minimum absolute atomic E-state index is 0.218. The average molecular weight is 188 g/mol. The van der Waals surface area contributed by atoms with Gasteiger partial charge in [-0.05, 0) is 13.3 Å². The summed E-state index contributed by atoms with van der Waals surface area (Å²) in [5.74, 6) is 0. The number of imidazole rings is 1. The molecule has 1 atom stereocenters. The van der Waals surface area contributed by atoms with Crippen molar-refractivity contribution in [1.29, 1.82) is 10.5 Å². The molecule has 0 spiro atoms. The van der Waals surface area contributed by atoms with Gasteiger partial charge in [-0.3, -0.25) is 0 Å². The van der Waals surface area contributed by atoms with Crippen LogP contribution in [0.3, 0.4) is 0 Å². The highest BCUT2D eigenvalue weighted by Crippen LogP contribution is 2.17. The zero-order valence-corrected chi connectivity index (χ0v) is 8.36. The largest absolute Gasteiger partial charge is 0.318 e. The van der Waals surface area contributed by atoms with Crippen LogP contribution in [-0.2, 0) is 0 Å². The van der Waals surface area contributed by atoms with Crippen molar-refractivity contribution in [2.45, 2.75) is 32.7 Å². The molecule has 0 aliphatic rings. The molecule has 0 aliphatic heterocycles. The summed E-state index contributed by atoms with van der Waals surface area (Å²) < 4.78 is 1.77. The van der Waals surface area contributed by atoms with Gasteiger partial charge in [0, 0.05) is 6.04 Å². The Kier molecular flexibility index (Phi) is 3.25. The zero-order valence-electron chi connectivity index (χ0n) is 8.36. The highest BCUT2D eigenvalue weighted by molar-refractivity contribution is 5.36. The first-order valence-electron chi connectivity index (χ1n) is 4.61. The lowest BCUT2D eigenvalue weighted by atomic mass is 10.2. The topological polar surface area (TPSA) is 65.4 Å². The first-order chi connectivity index (χ1) is 6.74. The zero-order chi connectivity index (χ0) is 10.6. The lowest BCUT2D eigenvalue weighted by molar-refractivity contribution is 0.496. The number of rotatable bonds is 3. The molecular formula is C10H12N4. The second-order valence-corrected chi connectivity index (χ2v) is 3.21. The minimum atomic E-state index is 0.218. The second-order valence-electron chi connectivity index (χ2n) is 3.21. The van der Waals surface area contributed by atoms with Crippen LogP contribution < -0.4 is 0 Å². The molecule has 1 unspecified atom stereocenters. The normalized spacial score (nSPS) is 11.7. The van der Waals surface area contributed by atoms with E-state index in [-0.39, 0.29) is 11.7 Å². The lowest BCUT2D eigenvalue weighted by Crippen LogP contribution is -2.06. The Balaban J connectivity index is 3.06. The van der Waals surface area contributed by atoms with Gasteiger partial charge in [0.15, 0.2) is 11.4 Å². The SMILES string of the molecule is CCCC(C)n1cnc(C#N)c1C#N. The van der Waals surface area contributed by atoms with Crippen LogP contribution in [0.5, 0.6) is 0 Å². The van der Waals surface area contributed by atoms with Crippen molar-refractivity contribution >= 4 is 0 Å². The van der Waals surface area contributed by atoms with Crippen LogP contribution in [0.2, 0.25) is 0 Å². The number of nitrogens with zero attached hydrogens (tertiary/aromatic N) is 4. The maximum Gasteiger partial charge on any atom is 0.176 e. The summed E-state index contributed by atoms with van der Waals surface area (Å²) in [5.41, 5.74) is 0.587. The molecule has 0 fully saturated rings. The molecule has 0 saturated carbocycles. The smallest absolute Gasteiger partial charge is 0.176 e. The van der Waals surface area contributed by atoms with Gasteiger partial charge in [0.2, 0.25) is 0 Å². The van der Waals surface area contributed by atoms with E-state index in [1.54, 1.807) is 10.9 Å². The molecule has 1 rings (SSSR count). The molecule has 1 heterocycles. The Morgan fingerprint density at radius 3 is 2.71 bits per heavy atom. The standard InChI is InChI=1S/C10H12N4/c1-3-4-8(2)14-7-13-9(5-11)10(14)6-12/h7-8H,3-4H2,1-2H3. The molecule has 0 amide bonds. The molecule has 14 heavy (non-hydrogen) atoms. The Hall–Kier alpha value is -1.81. The number of hydrogen-bond acceptors (Lipinski definition) is 3. The summed E-state index contributed by atoms with van der Waals surface area (Å²) in [6, 6.07) is 4.15. The van der Waals surface area contributed by atoms with E-state index in [0.29, 0.717) is 5.69 Å². The maximum absolute atomic E-state index is 8.87. The summed E-state index contributed by atoms with van der Waals surface area (Å²) in [6.45, 7) is 4.11. The quantitative estimate of drug-likeness (QED) is 0.728. The number of hydrogen-bond donors (Lipinski definition) is 0. The minimum Gasteiger partial charge on any atom is -0.318 e. The van der Waals surface area contributed by atoms with Gasteiger partial charge < -0.3 is 4.57 Å². The van der Waals surface area contributed by atoms with Crippen LogP contribution >= 0.6 is 0 Å². The number of aromatic nitrogens is 2. The van der Waals surface area contributed by atoms with Crippen LogP contribution in [-0.4, -0.2) is 9.55 Å². The molecule has 0 saturated heterocycles. The fourth-order valence-electron chi connectivity index (χ4n) is 1.44. The fraction of sp³-hybridized carbons (Fsp3) is 0.500. The van der Waals surface area contributed by atoms with Gasteiger partial charge in [-0.2, -0.15) is 10.5 Å². The van der Waals surface area contributed by atoms with Crippen molar-refractivity contribution in [3.8, 4) is 12.1 Å². The molecule has 0 aliphatic carbocycles. The Labute approximate surface area is 83.4 Å². The summed E-state index contributed by atoms with van der Waals surface area (Å²) in [7, 11) is 0. The molecular weight excluding hydrogens is 176 g/mol. The van der Waals surface area contributed by atoms with E-state index in [1.807, 2.05) is 19.1 Å². The Morgan fingerprint density at radius 1 is 1.50 bits per heavy atom. The van der Waals surface area contributed by atoms with Gasteiger partial charge in [0.25, 0.3) is 0 Å². The van der Waals surface area contributed by atoms with Gasteiger partial charge in [-0.1, -0.05) is 13.3 Å². The van der Waals surface area contributed by atoms with E-state index in [4.69, 9.17) is 10.5 Å². The third-order valence-electron chi connectivity index (χ3n) is 2.19. The molecule has 0 bridgehead atoms. The van der Waals surface area contributed by atoms with Crippen LogP contribution in [0.25, 0.3) is 0 Å². The van der Waals surface area contributed by atoms with Crippen molar-refractivity contribution in [3.63, 3.8) is 0 Å². The Bertz CT molecular complexity index is 391. The summed E-state index contributed by atoms with van der Waals surface area (Å²) in [4.78, 5) is 3.89. The van der Waals surface area contributed by atoms with Gasteiger partial charge in [-0.15, -0.1) is 0 Å². The van der Waals surface area contributed by atoms with Crippen molar-refractivity contribution < 1.29 is 0 Å². The van der Waals surface area contributed by atoms with E-state index < -0.39 is 0 Å². The third-order valence-corrected chi connectivity index (χ3v) is 2.19. The van der Waals surface area contributed by atoms with Crippen LogP contribution in [0.1, 0.15) is 44.1 Å². The van der Waals surface area contributed by atoms with E-state index in [1.165, 1.54) is 0 Å². The summed E-state index contributed by atoms with van der Waals surface area (Å²) in [6.07, 6.45) is 3.60. The predicted octanol–water partition coefficient (Wildman–Crippen LogP) is 1.99. The maximum atomic E-state index is 8.87. The monoisotopic (exact) mass is 188 g/mol. The first-order valence-corrected chi connectivity index (χ1v) is 4.61. The van der Waals surface area contributed by atoms with Crippen molar-refractivity contribution in [3.05, 3.63) is 17.7 Å². The van der Waals surface area contributed by atoms with Gasteiger partial charge in [0.05, 0.1) is 6.33 Å². The fourth-order valence-corrected chi connectivity index (χ4v) is 1.44. The predicted molar refractivity (Wildman–Crippen MR) is 51.3 cm³/mol. The molecule has 1 aromatic rings. The third kappa shape index (κ3) is 1.75. The van der Waals surface area contributed by atoms with Gasteiger partial charge >= 0.3 is 0 Å². The van der Waals surface area contributed by atoms with E-state index >= 15 is 0 Å². The van der Waals surface area contributed by atoms with E-state index in [9.17, 15) is 0 Å². The van der Waals surface area contributed by atoms with E-state index in [0.717, 1.165) is 12.8 Å². The van der Waals surface area contributed by atoms with Gasteiger partial charge in [0.1, 0.15) is 12.1 Å². The summed E-state index contributed by atoms with van der Waals surface area (Å²) >= 11 is 0. The lowest BCUT2D eigenvalue weighted by Gasteiger charge is -2.12. The molecule has 1 aromatic heterocycles. The molecule has 72 valence electrons. The van der Waals surface area contributed by atoms with Crippen LogP contribution in [0.4, 0.5) is 0 Å². The summed E-state index contributed by atoms with van der Waals surface area (Å²) in [5, 5.41) is 17.6. The number of nitriles is 2. The van der Waals surface area contributed by atoms with Crippen molar-refractivity contribution in [2.75, 3.05) is 0 Å². The Morgan fingerprint density at radius 2 is 2.21 bits per heavy atom. The van der Waals surface area contributed by atoms with Crippen molar-refractivity contribution in [1.82, 2.24) is 9.55 Å². The molecule has 0 aromatic carbocycles. The molecule has 4 nitrogen and oxygen atoms in total. The van der Waals surface area contributed by atoms with Crippen molar-refractivity contribution in [2.24, 2.45) is 0 Å². The molecule has 0 radical (unpaired) electrons. The first kappa shape index (κ1) is 10.3. The second kappa shape index (κ2) is 4.43. The molecule has 0 N–H and O–H groups in total. The average Bonchev–Trinajstić information content (AvgIpc) is 2.60. The van der Waals surface area contributed by atoms with E-state index in [2.05, 4.69) is 11.9 Å². The highest BCUT2D eigenvalue weighted by Gasteiger charge is 2.13. The highest BCUT2D eigenvalue weighted by atomic mass is 15.1.